The molecule has 9 nitrogen and oxygen atoms in total. The number of aromatic nitrogens is 2. The molecule has 1 aromatic heterocycles. The minimum atomic E-state index is -1.36. The van der Waals surface area contributed by atoms with Gasteiger partial charge >= 0.3 is 6.03 Å². The molecule has 9 heteroatoms. The number of imidazole rings is 1. The van der Waals surface area contributed by atoms with E-state index in [1.165, 1.54) is 26.2 Å². The molecule has 2 heterocycles. The Labute approximate surface area is 197 Å². The van der Waals surface area contributed by atoms with E-state index in [9.17, 15) is 24.7 Å². The quantitative estimate of drug-likeness (QED) is 0.355. The van der Waals surface area contributed by atoms with Crippen molar-refractivity contribution in [3.8, 4) is 5.75 Å². The first kappa shape index (κ1) is 23.0. The summed E-state index contributed by atoms with van der Waals surface area (Å²) >= 11 is 0. The summed E-state index contributed by atoms with van der Waals surface area (Å²) < 4.78 is 2.54. The molecule has 0 aliphatic carbocycles. The fraction of sp³-hybridized carbons (Fsp3) is 0.280. The second-order valence-electron chi connectivity index (χ2n) is 8.52. The van der Waals surface area contributed by atoms with Gasteiger partial charge < -0.3 is 10.3 Å². The van der Waals surface area contributed by atoms with Crippen molar-refractivity contribution in [3.63, 3.8) is 0 Å². The van der Waals surface area contributed by atoms with Crippen molar-refractivity contribution in [3.05, 3.63) is 88.1 Å². The molecule has 0 unspecified atom stereocenters. The maximum absolute atomic E-state index is 13.5. The van der Waals surface area contributed by atoms with Crippen molar-refractivity contribution in [2.75, 3.05) is 14.1 Å². The van der Waals surface area contributed by atoms with Gasteiger partial charge in [0.15, 0.2) is 0 Å². The zero-order chi connectivity index (χ0) is 24.7. The highest BCUT2D eigenvalue weighted by molar-refractivity contribution is 6.16. The van der Waals surface area contributed by atoms with Crippen molar-refractivity contribution in [1.29, 1.82) is 0 Å². The van der Waals surface area contributed by atoms with Gasteiger partial charge in [0.25, 0.3) is 5.82 Å². The summed E-state index contributed by atoms with van der Waals surface area (Å²) in [6.45, 7) is 3.83. The summed E-state index contributed by atoms with van der Waals surface area (Å²) in [6, 6.07) is 14.9. The molecule has 1 atom stereocenters. The smallest absolute Gasteiger partial charge is 0.332 e. The second-order valence-corrected chi connectivity index (χ2v) is 8.52. The molecule has 4 amide bonds. The zero-order valence-electron chi connectivity index (χ0n) is 19.4. The molecular weight excluding hydrogens is 436 g/mol. The SMILES string of the molecule is Cc1c(C)[n+]([O-])c([C@@H](c2cccc(O)c2)C2C(=O)N(C)C(=O)N(C)C2=O)n1Cc1ccccc1. The lowest BCUT2D eigenvalue weighted by Crippen LogP contribution is -2.59. The Bertz CT molecular complexity index is 1260. The van der Waals surface area contributed by atoms with Gasteiger partial charge in [-0.3, -0.25) is 19.4 Å². The highest BCUT2D eigenvalue weighted by atomic mass is 16.5. The number of phenols is 1. The lowest BCUT2D eigenvalue weighted by Gasteiger charge is -2.36. The van der Waals surface area contributed by atoms with E-state index in [-0.39, 0.29) is 11.6 Å². The molecule has 1 N–H and O–H groups in total. The average molecular weight is 463 g/mol. The Kier molecular flexibility index (Phi) is 5.87. The lowest BCUT2D eigenvalue weighted by molar-refractivity contribution is -0.621. The minimum absolute atomic E-state index is 0.0666. The summed E-state index contributed by atoms with van der Waals surface area (Å²) in [5.41, 5.74) is 2.47. The third-order valence-corrected chi connectivity index (χ3v) is 6.51. The van der Waals surface area contributed by atoms with Gasteiger partial charge in [0.1, 0.15) is 35.5 Å². The Morgan fingerprint density at radius 2 is 1.59 bits per heavy atom. The monoisotopic (exact) mass is 462 g/mol. The van der Waals surface area contributed by atoms with Crippen LogP contribution in [0.3, 0.4) is 0 Å². The van der Waals surface area contributed by atoms with Gasteiger partial charge in [-0.05, 0) is 23.3 Å². The molecule has 1 fully saturated rings. The number of imide groups is 2. The van der Waals surface area contributed by atoms with Gasteiger partial charge in [-0.1, -0.05) is 42.5 Å². The summed E-state index contributed by atoms with van der Waals surface area (Å²) in [7, 11) is 2.62. The third-order valence-electron chi connectivity index (χ3n) is 6.51. The minimum Gasteiger partial charge on any atom is -0.711 e. The van der Waals surface area contributed by atoms with Crippen molar-refractivity contribution >= 4 is 17.8 Å². The van der Waals surface area contributed by atoms with Crippen molar-refractivity contribution in [1.82, 2.24) is 14.4 Å². The van der Waals surface area contributed by atoms with Gasteiger partial charge in [-0.15, -0.1) is 0 Å². The maximum Gasteiger partial charge on any atom is 0.332 e. The predicted octanol–water partition coefficient (Wildman–Crippen LogP) is 2.29. The predicted molar refractivity (Wildman–Crippen MR) is 123 cm³/mol. The van der Waals surface area contributed by atoms with E-state index in [4.69, 9.17) is 0 Å². The Morgan fingerprint density at radius 1 is 0.971 bits per heavy atom. The van der Waals surface area contributed by atoms with E-state index < -0.39 is 29.7 Å². The number of nitrogens with zero attached hydrogens (tertiary/aromatic N) is 4. The number of aromatic hydroxyl groups is 1. The first-order valence-corrected chi connectivity index (χ1v) is 10.8. The van der Waals surface area contributed by atoms with Crippen LogP contribution in [0.2, 0.25) is 0 Å². The van der Waals surface area contributed by atoms with Crippen LogP contribution in [-0.2, 0) is 16.1 Å². The summed E-state index contributed by atoms with van der Waals surface area (Å²) in [5.74, 6) is -3.69. The van der Waals surface area contributed by atoms with E-state index in [2.05, 4.69) is 0 Å². The lowest BCUT2D eigenvalue weighted by atomic mass is 9.82. The number of amides is 4. The summed E-state index contributed by atoms with van der Waals surface area (Å²) in [6.07, 6.45) is 0. The summed E-state index contributed by atoms with van der Waals surface area (Å²) in [4.78, 5) is 40.8. The van der Waals surface area contributed by atoms with E-state index in [1.54, 1.807) is 23.6 Å². The van der Waals surface area contributed by atoms with Gasteiger partial charge in [-0.2, -0.15) is 0 Å². The fourth-order valence-corrected chi connectivity index (χ4v) is 4.49. The summed E-state index contributed by atoms with van der Waals surface area (Å²) in [5, 5.41) is 23.7. The van der Waals surface area contributed by atoms with Crippen LogP contribution in [0.4, 0.5) is 4.79 Å². The van der Waals surface area contributed by atoms with Crippen LogP contribution in [0.1, 0.15) is 34.3 Å². The number of barbiturate groups is 1. The van der Waals surface area contributed by atoms with Crippen LogP contribution in [0.15, 0.2) is 54.6 Å². The molecule has 34 heavy (non-hydrogen) atoms. The van der Waals surface area contributed by atoms with Crippen LogP contribution >= 0.6 is 0 Å². The van der Waals surface area contributed by atoms with Crippen molar-refractivity contribution in [2.45, 2.75) is 26.3 Å². The molecule has 1 saturated heterocycles. The first-order chi connectivity index (χ1) is 16.1. The van der Waals surface area contributed by atoms with Crippen molar-refractivity contribution in [2.24, 2.45) is 5.92 Å². The topological polar surface area (TPSA) is 110 Å². The number of hydrogen-bond donors (Lipinski definition) is 1. The van der Waals surface area contributed by atoms with Crippen LogP contribution in [-0.4, -0.2) is 51.4 Å². The molecule has 2 aromatic carbocycles. The molecule has 1 aliphatic heterocycles. The Morgan fingerprint density at radius 3 is 2.18 bits per heavy atom. The molecule has 1 aliphatic rings. The highest BCUT2D eigenvalue weighted by Crippen LogP contribution is 2.37. The van der Waals surface area contributed by atoms with Gasteiger partial charge in [0, 0.05) is 27.9 Å². The molecule has 0 radical (unpaired) electrons. The molecule has 176 valence electrons. The van der Waals surface area contributed by atoms with E-state index in [0.29, 0.717) is 23.5 Å². The average Bonchev–Trinajstić information content (AvgIpc) is 3.03. The number of rotatable bonds is 5. The number of benzene rings is 2. The second kappa shape index (κ2) is 8.66. The molecule has 3 aromatic rings. The van der Waals surface area contributed by atoms with Crippen LogP contribution in [0.25, 0.3) is 0 Å². The standard InChI is InChI=1S/C25H26N4O5/c1-15-16(2)29(34)22(28(15)14-17-9-6-5-7-10-17)20(18-11-8-12-19(30)13-18)21-23(31)26(3)25(33)27(4)24(21)32/h5-13,20-21,30H,14H2,1-4H3/t20-/m0/s1. The molecule has 0 saturated carbocycles. The number of urea groups is 1. The number of hydrogen-bond acceptors (Lipinski definition) is 5. The fourth-order valence-electron chi connectivity index (χ4n) is 4.49. The van der Waals surface area contributed by atoms with Crippen LogP contribution in [0.5, 0.6) is 5.75 Å². The van der Waals surface area contributed by atoms with Crippen LogP contribution < -0.4 is 4.73 Å². The van der Waals surface area contributed by atoms with Crippen molar-refractivity contribution < 1.29 is 24.2 Å². The Hall–Kier alpha value is -4.14. The zero-order valence-corrected chi connectivity index (χ0v) is 19.4. The number of carbonyl (C=O) groups is 3. The third kappa shape index (κ3) is 3.68. The molecule has 0 bridgehead atoms. The number of carbonyl (C=O) groups excluding carboxylic acids is 3. The molecule has 0 spiro atoms. The van der Waals surface area contributed by atoms with Gasteiger partial charge in [0.2, 0.25) is 11.8 Å². The molecule has 4 rings (SSSR count). The number of phenolic OH excluding ortho intramolecular Hbond substituents is 1. The van der Waals surface area contributed by atoms with E-state index >= 15 is 0 Å². The molecular formula is C25H26N4O5. The van der Waals surface area contributed by atoms with Gasteiger partial charge in [0.05, 0.1) is 0 Å². The van der Waals surface area contributed by atoms with E-state index in [1.807, 2.05) is 37.3 Å². The van der Waals surface area contributed by atoms with Gasteiger partial charge in [-0.25, -0.2) is 14.1 Å². The van der Waals surface area contributed by atoms with E-state index in [0.717, 1.165) is 20.1 Å². The normalized spacial score (nSPS) is 15.8. The highest BCUT2D eigenvalue weighted by Gasteiger charge is 2.51. The maximum atomic E-state index is 13.5. The first-order valence-electron chi connectivity index (χ1n) is 10.8. The van der Waals surface area contributed by atoms with Crippen LogP contribution in [0, 0.1) is 25.0 Å². The Balaban J connectivity index is 1.98. The largest absolute Gasteiger partial charge is 0.711 e.